The molecule has 6 heteroatoms. The number of carbonyl (C=O) groups excluding carboxylic acids is 1. The fourth-order valence-corrected chi connectivity index (χ4v) is 3.52. The molecule has 1 aromatic rings. The summed E-state index contributed by atoms with van der Waals surface area (Å²) in [5.74, 6) is 0.678. The minimum absolute atomic E-state index is 0.134. The summed E-state index contributed by atoms with van der Waals surface area (Å²) in [4.78, 5) is 14.6. The highest BCUT2D eigenvalue weighted by Crippen LogP contribution is 2.17. The summed E-state index contributed by atoms with van der Waals surface area (Å²) in [6, 6.07) is 9.51. The summed E-state index contributed by atoms with van der Waals surface area (Å²) in [5, 5.41) is 14.8. The lowest BCUT2D eigenvalue weighted by atomic mass is 10.0. The highest BCUT2D eigenvalue weighted by atomic mass is 16.5. The third-order valence-electron chi connectivity index (χ3n) is 4.97. The van der Waals surface area contributed by atoms with Crippen LogP contribution in [0.25, 0.3) is 0 Å². The molecule has 25 heavy (non-hydrogen) atoms. The Morgan fingerprint density at radius 2 is 2.16 bits per heavy atom. The summed E-state index contributed by atoms with van der Waals surface area (Å²) >= 11 is 0. The second kappa shape index (κ2) is 8.84. The molecule has 0 radical (unpaired) electrons. The average molecular weight is 342 g/mol. The van der Waals surface area contributed by atoms with E-state index in [2.05, 4.69) is 21.6 Å². The van der Waals surface area contributed by atoms with Crippen molar-refractivity contribution in [2.45, 2.75) is 31.8 Å². The van der Waals surface area contributed by atoms with E-state index in [1.807, 2.05) is 12.1 Å². The maximum absolute atomic E-state index is 12.1. The Kier molecular flexibility index (Phi) is 6.26. The Morgan fingerprint density at radius 1 is 1.32 bits per heavy atom. The monoisotopic (exact) mass is 342 g/mol. The van der Waals surface area contributed by atoms with Crippen LogP contribution in [-0.2, 0) is 11.3 Å². The van der Waals surface area contributed by atoms with Gasteiger partial charge in [0.25, 0.3) is 0 Å². The molecule has 2 aliphatic heterocycles. The number of nitrogens with one attached hydrogen (secondary N) is 2. The third kappa shape index (κ3) is 5.45. The zero-order valence-electron chi connectivity index (χ0n) is 14.5. The zero-order valence-corrected chi connectivity index (χ0v) is 14.5. The van der Waals surface area contributed by atoms with Crippen LogP contribution >= 0.6 is 0 Å². The predicted octanol–water partition coefficient (Wildman–Crippen LogP) is 1.86. The van der Waals surface area contributed by atoms with E-state index in [4.69, 9.17) is 10.00 Å². The number of nitrogens with zero attached hydrogens (tertiary/aromatic N) is 2. The number of nitriles is 1. The minimum atomic E-state index is -0.134. The first kappa shape index (κ1) is 17.7. The van der Waals surface area contributed by atoms with E-state index in [9.17, 15) is 4.79 Å². The van der Waals surface area contributed by atoms with Gasteiger partial charge in [-0.3, -0.25) is 0 Å². The van der Waals surface area contributed by atoms with Crippen molar-refractivity contribution in [3.8, 4) is 6.07 Å². The first-order valence-corrected chi connectivity index (χ1v) is 9.06. The molecule has 0 unspecified atom stereocenters. The van der Waals surface area contributed by atoms with E-state index in [1.165, 1.54) is 6.42 Å². The fraction of sp³-hybridized carbons (Fsp3) is 0.579. The maximum atomic E-state index is 12.1. The van der Waals surface area contributed by atoms with Gasteiger partial charge in [0.2, 0.25) is 0 Å². The molecule has 3 rings (SSSR count). The molecule has 1 atom stereocenters. The number of hydrogen-bond acceptors (Lipinski definition) is 4. The first-order chi connectivity index (χ1) is 12.2. The Hall–Kier alpha value is -2.10. The number of rotatable bonds is 5. The van der Waals surface area contributed by atoms with Crippen LogP contribution in [0.1, 0.15) is 30.4 Å². The molecule has 0 bridgehead atoms. The number of benzene rings is 1. The fourth-order valence-electron chi connectivity index (χ4n) is 3.52. The zero-order chi connectivity index (χ0) is 17.5. The van der Waals surface area contributed by atoms with Gasteiger partial charge in [0.1, 0.15) is 0 Å². The number of urea groups is 1. The van der Waals surface area contributed by atoms with Crippen LogP contribution in [0.5, 0.6) is 0 Å². The van der Waals surface area contributed by atoms with Gasteiger partial charge in [-0.05, 0) is 42.9 Å². The van der Waals surface area contributed by atoms with Crippen molar-refractivity contribution in [3.05, 3.63) is 35.4 Å². The Bertz CT molecular complexity index is 614. The topological polar surface area (TPSA) is 77.4 Å². The molecule has 2 N–H and O–H groups in total. The number of piperidine rings is 1. The van der Waals surface area contributed by atoms with Gasteiger partial charge in [-0.15, -0.1) is 0 Å². The van der Waals surface area contributed by atoms with E-state index in [0.29, 0.717) is 18.0 Å². The molecule has 2 aliphatic rings. The van der Waals surface area contributed by atoms with Crippen LogP contribution in [0.2, 0.25) is 0 Å². The van der Waals surface area contributed by atoms with Gasteiger partial charge >= 0.3 is 6.03 Å². The Morgan fingerprint density at radius 3 is 2.88 bits per heavy atom. The molecule has 2 heterocycles. The van der Waals surface area contributed by atoms with E-state index < -0.39 is 0 Å². The number of likely N-dealkylation sites (tertiary alicyclic amines) is 1. The largest absolute Gasteiger partial charge is 0.381 e. The lowest BCUT2D eigenvalue weighted by Crippen LogP contribution is -2.48. The average Bonchev–Trinajstić information content (AvgIpc) is 3.15. The number of hydrogen-bond donors (Lipinski definition) is 2. The van der Waals surface area contributed by atoms with Gasteiger partial charge in [-0.1, -0.05) is 12.1 Å². The van der Waals surface area contributed by atoms with E-state index in [0.717, 1.165) is 51.3 Å². The molecule has 134 valence electrons. The number of ether oxygens (including phenoxy) is 1. The van der Waals surface area contributed by atoms with Crippen molar-refractivity contribution in [2.75, 3.05) is 32.8 Å². The lowest BCUT2D eigenvalue weighted by Gasteiger charge is -2.33. The van der Waals surface area contributed by atoms with Gasteiger partial charge in [0.15, 0.2) is 0 Å². The standard InChI is InChI=1S/C19H26N4O2/c20-11-15-2-1-3-16(10-15)12-21-19(24)22-18-4-7-23(8-5-18)13-17-6-9-25-14-17/h1-3,10,17-18H,4-9,12-14H2,(H2,21,22,24)/t17-/m0/s1. The molecule has 6 nitrogen and oxygen atoms in total. The smallest absolute Gasteiger partial charge is 0.315 e. The summed E-state index contributed by atoms with van der Waals surface area (Å²) in [6.07, 6.45) is 3.16. The van der Waals surface area contributed by atoms with Crippen LogP contribution < -0.4 is 10.6 Å². The van der Waals surface area contributed by atoms with Crippen molar-refractivity contribution in [3.63, 3.8) is 0 Å². The predicted molar refractivity (Wildman–Crippen MR) is 94.9 cm³/mol. The normalized spacial score (nSPS) is 21.6. The van der Waals surface area contributed by atoms with Gasteiger partial charge in [0, 0.05) is 38.8 Å². The highest BCUT2D eigenvalue weighted by Gasteiger charge is 2.24. The Balaban J connectivity index is 1.35. The van der Waals surface area contributed by atoms with Crippen molar-refractivity contribution >= 4 is 6.03 Å². The summed E-state index contributed by atoms with van der Waals surface area (Å²) in [6.45, 7) is 5.42. The van der Waals surface area contributed by atoms with Crippen molar-refractivity contribution in [2.24, 2.45) is 5.92 Å². The van der Waals surface area contributed by atoms with E-state index >= 15 is 0 Å². The molecule has 2 saturated heterocycles. The van der Waals surface area contributed by atoms with Crippen LogP contribution in [0.4, 0.5) is 4.79 Å². The van der Waals surface area contributed by atoms with Crippen molar-refractivity contribution in [1.29, 1.82) is 5.26 Å². The minimum Gasteiger partial charge on any atom is -0.381 e. The van der Waals surface area contributed by atoms with Crippen molar-refractivity contribution < 1.29 is 9.53 Å². The third-order valence-corrected chi connectivity index (χ3v) is 4.97. The van der Waals surface area contributed by atoms with Crippen LogP contribution in [0.15, 0.2) is 24.3 Å². The number of carbonyl (C=O) groups is 1. The van der Waals surface area contributed by atoms with Crippen LogP contribution in [-0.4, -0.2) is 49.8 Å². The van der Waals surface area contributed by atoms with Crippen LogP contribution in [0.3, 0.4) is 0 Å². The molecule has 0 saturated carbocycles. The molecular formula is C19H26N4O2. The first-order valence-electron chi connectivity index (χ1n) is 9.06. The SMILES string of the molecule is N#Cc1cccc(CNC(=O)NC2CCN(C[C@@H]3CCOC3)CC2)c1. The summed E-state index contributed by atoms with van der Waals surface area (Å²) in [7, 11) is 0. The highest BCUT2D eigenvalue weighted by molar-refractivity contribution is 5.74. The molecule has 2 amide bonds. The van der Waals surface area contributed by atoms with Gasteiger partial charge in [-0.25, -0.2) is 4.79 Å². The molecule has 0 aliphatic carbocycles. The summed E-state index contributed by atoms with van der Waals surface area (Å²) < 4.78 is 5.44. The summed E-state index contributed by atoms with van der Waals surface area (Å²) in [5.41, 5.74) is 1.54. The van der Waals surface area contributed by atoms with E-state index in [-0.39, 0.29) is 12.1 Å². The molecule has 2 fully saturated rings. The molecular weight excluding hydrogens is 316 g/mol. The van der Waals surface area contributed by atoms with Crippen molar-refractivity contribution in [1.82, 2.24) is 15.5 Å². The maximum Gasteiger partial charge on any atom is 0.315 e. The number of amides is 2. The molecule has 0 aromatic heterocycles. The van der Waals surface area contributed by atoms with Gasteiger partial charge in [-0.2, -0.15) is 5.26 Å². The van der Waals surface area contributed by atoms with Crippen LogP contribution in [0, 0.1) is 17.2 Å². The Labute approximate surface area is 149 Å². The second-order valence-electron chi connectivity index (χ2n) is 6.94. The van der Waals surface area contributed by atoms with Gasteiger partial charge < -0.3 is 20.3 Å². The van der Waals surface area contributed by atoms with Gasteiger partial charge in [0.05, 0.1) is 18.2 Å². The molecule has 0 spiro atoms. The second-order valence-corrected chi connectivity index (χ2v) is 6.94. The quantitative estimate of drug-likeness (QED) is 0.856. The lowest BCUT2D eigenvalue weighted by molar-refractivity contribution is 0.148. The van der Waals surface area contributed by atoms with E-state index in [1.54, 1.807) is 12.1 Å². The molecule has 1 aromatic carbocycles.